The Balaban J connectivity index is 1.39. The molecule has 0 atom stereocenters. The predicted molar refractivity (Wildman–Crippen MR) is 113 cm³/mol. The van der Waals surface area contributed by atoms with Gasteiger partial charge in [0.05, 0.1) is 5.69 Å². The third-order valence-electron chi connectivity index (χ3n) is 4.96. The summed E-state index contributed by atoms with van der Waals surface area (Å²) in [5, 5.41) is 3.39. The number of hydrogen-bond acceptors (Lipinski definition) is 5. The van der Waals surface area contributed by atoms with Gasteiger partial charge in [-0.05, 0) is 37.1 Å². The van der Waals surface area contributed by atoms with Gasteiger partial charge in [0.2, 0.25) is 5.91 Å². The van der Waals surface area contributed by atoms with Crippen LogP contribution in [0.25, 0.3) is 0 Å². The monoisotopic (exact) mass is 426 g/mol. The van der Waals surface area contributed by atoms with Crippen LogP contribution in [0.15, 0.2) is 70.8 Å². The molecule has 2 aromatic carbocycles. The normalized spacial score (nSPS) is 14.5. The van der Waals surface area contributed by atoms with E-state index < -0.39 is 11.6 Å². The molecule has 5 nitrogen and oxygen atoms in total. The van der Waals surface area contributed by atoms with Gasteiger partial charge in [0.1, 0.15) is 16.7 Å². The largest absolute Gasteiger partial charge is 0.354 e. The fraction of sp³-hybridized carbons (Fsp3) is 0.227. The van der Waals surface area contributed by atoms with Gasteiger partial charge in [-0.2, -0.15) is 0 Å². The maximum Gasteiger partial charge on any atom is 0.227 e. The summed E-state index contributed by atoms with van der Waals surface area (Å²) in [6.07, 6.45) is 4.56. The highest BCUT2D eigenvalue weighted by Crippen LogP contribution is 2.34. The minimum Gasteiger partial charge on any atom is -0.354 e. The van der Waals surface area contributed by atoms with E-state index in [2.05, 4.69) is 20.2 Å². The first kappa shape index (κ1) is 20.3. The molecule has 1 saturated heterocycles. The van der Waals surface area contributed by atoms with E-state index in [1.54, 1.807) is 24.2 Å². The van der Waals surface area contributed by atoms with Crippen molar-refractivity contribution in [3.05, 3.63) is 72.6 Å². The molecule has 1 fully saturated rings. The topological polar surface area (TPSA) is 58.1 Å². The number of amides is 1. The maximum atomic E-state index is 13.8. The summed E-state index contributed by atoms with van der Waals surface area (Å²) in [5.74, 6) is -1.14. The molecule has 8 heteroatoms. The summed E-state index contributed by atoms with van der Waals surface area (Å²) in [6.45, 7) is 1.29. The van der Waals surface area contributed by atoms with Crippen LogP contribution in [0.5, 0.6) is 0 Å². The molecule has 1 amide bonds. The van der Waals surface area contributed by atoms with Gasteiger partial charge in [-0.1, -0.05) is 30.0 Å². The van der Waals surface area contributed by atoms with Gasteiger partial charge in [-0.25, -0.2) is 18.7 Å². The van der Waals surface area contributed by atoms with Gasteiger partial charge in [0.15, 0.2) is 5.82 Å². The Labute approximate surface area is 177 Å². The number of rotatable bonds is 5. The Morgan fingerprint density at radius 1 is 1.03 bits per heavy atom. The summed E-state index contributed by atoms with van der Waals surface area (Å²) >= 11 is 1.55. The van der Waals surface area contributed by atoms with Crippen LogP contribution >= 0.6 is 11.8 Å². The molecule has 0 aliphatic carbocycles. The van der Waals surface area contributed by atoms with Crippen LogP contribution in [0.1, 0.15) is 12.8 Å². The molecule has 1 aliphatic rings. The molecule has 4 rings (SSSR count). The molecule has 2 heterocycles. The van der Waals surface area contributed by atoms with E-state index >= 15 is 0 Å². The Kier molecular flexibility index (Phi) is 6.23. The second-order valence-electron chi connectivity index (χ2n) is 6.97. The van der Waals surface area contributed by atoms with E-state index in [4.69, 9.17) is 0 Å². The first-order valence-corrected chi connectivity index (χ1v) is 10.5. The summed E-state index contributed by atoms with van der Waals surface area (Å²) in [6, 6.07) is 13.1. The zero-order chi connectivity index (χ0) is 20.9. The first-order valence-electron chi connectivity index (χ1n) is 9.65. The maximum absolute atomic E-state index is 13.8. The van der Waals surface area contributed by atoms with Crippen LogP contribution in [-0.4, -0.2) is 29.0 Å². The summed E-state index contributed by atoms with van der Waals surface area (Å²) in [4.78, 5) is 24.7. The SMILES string of the molecule is O=C(Nc1ccc(F)cc1F)C1CCN(c2nccnc2Sc2ccccc2)CC1. The molecule has 0 unspecified atom stereocenters. The van der Waals surface area contributed by atoms with E-state index in [1.165, 1.54) is 6.07 Å². The van der Waals surface area contributed by atoms with E-state index in [1.807, 2.05) is 30.3 Å². The summed E-state index contributed by atoms with van der Waals surface area (Å²) in [5.41, 5.74) is -0.000645. The average molecular weight is 426 g/mol. The van der Waals surface area contributed by atoms with E-state index in [-0.39, 0.29) is 17.5 Å². The highest BCUT2D eigenvalue weighted by Gasteiger charge is 2.27. The van der Waals surface area contributed by atoms with Crippen LogP contribution < -0.4 is 10.2 Å². The van der Waals surface area contributed by atoms with Gasteiger partial charge < -0.3 is 10.2 Å². The molecule has 0 saturated carbocycles. The van der Waals surface area contributed by atoms with Gasteiger partial charge in [-0.3, -0.25) is 4.79 Å². The molecule has 3 aromatic rings. The average Bonchev–Trinajstić information content (AvgIpc) is 2.77. The molecule has 0 bridgehead atoms. The Hall–Kier alpha value is -3.00. The van der Waals surface area contributed by atoms with Crippen molar-refractivity contribution >= 4 is 29.2 Å². The molecule has 1 aromatic heterocycles. The van der Waals surface area contributed by atoms with Gasteiger partial charge in [0, 0.05) is 42.4 Å². The van der Waals surface area contributed by atoms with Gasteiger partial charge >= 0.3 is 0 Å². The lowest BCUT2D eigenvalue weighted by Gasteiger charge is -2.32. The van der Waals surface area contributed by atoms with E-state index in [0.717, 1.165) is 27.9 Å². The first-order chi connectivity index (χ1) is 14.6. The third kappa shape index (κ3) is 4.76. The second-order valence-corrected chi connectivity index (χ2v) is 8.04. The summed E-state index contributed by atoms with van der Waals surface area (Å²) < 4.78 is 26.8. The fourth-order valence-corrected chi connectivity index (χ4v) is 4.29. The molecule has 0 spiro atoms. The number of anilines is 2. The zero-order valence-corrected chi connectivity index (χ0v) is 16.9. The summed E-state index contributed by atoms with van der Waals surface area (Å²) in [7, 11) is 0. The molecule has 1 N–H and O–H groups in total. The molecule has 1 aliphatic heterocycles. The van der Waals surface area contributed by atoms with Crippen molar-refractivity contribution in [3.63, 3.8) is 0 Å². The van der Waals surface area contributed by atoms with Gasteiger partial charge in [0.25, 0.3) is 0 Å². The fourth-order valence-electron chi connectivity index (χ4n) is 3.39. The van der Waals surface area contributed by atoms with Crippen molar-refractivity contribution in [2.75, 3.05) is 23.3 Å². The molecule has 30 heavy (non-hydrogen) atoms. The highest BCUT2D eigenvalue weighted by molar-refractivity contribution is 7.99. The number of hydrogen-bond donors (Lipinski definition) is 1. The third-order valence-corrected chi connectivity index (χ3v) is 5.95. The van der Waals surface area contributed by atoms with Crippen LogP contribution in [0, 0.1) is 17.6 Å². The minimum absolute atomic E-state index is 0.000645. The molecular formula is C22H20F2N4OS. The standard InChI is InChI=1S/C22H20F2N4OS/c23-16-6-7-19(18(24)14-16)27-21(29)15-8-12-28(13-9-15)20-22(26-11-10-25-20)30-17-4-2-1-3-5-17/h1-7,10-11,14-15H,8-9,12-13H2,(H,27,29). The van der Waals surface area contributed by atoms with Crippen LogP contribution in [0.2, 0.25) is 0 Å². The van der Waals surface area contributed by atoms with Crippen molar-refractivity contribution in [2.45, 2.75) is 22.8 Å². The van der Waals surface area contributed by atoms with Crippen molar-refractivity contribution < 1.29 is 13.6 Å². The lowest BCUT2D eigenvalue weighted by atomic mass is 9.96. The highest BCUT2D eigenvalue weighted by atomic mass is 32.2. The number of benzene rings is 2. The molecular weight excluding hydrogens is 406 g/mol. The smallest absolute Gasteiger partial charge is 0.227 e. The van der Waals surface area contributed by atoms with E-state index in [0.29, 0.717) is 25.9 Å². The minimum atomic E-state index is -0.775. The predicted octanol–water partition coefficient (Wildman–Crippen LogP) is 4.76. The Bertz CT molecular complexity index is 1030. The second kappa shape index (κ2) is 9.21. The Morgan fingerprint density at radius 2 is 1.77 bits per heavy atom. The number of carbonyl (C=O) groups is 1. The van der Waals surface area contributed by atoms with Crippen molar-refractivity contribution in [2.24, 2.45) is 5.92 Å². The van der Waals surface area contributed by atoms with Crippen molar-refractivity contribution in [1.82, 2.24) is 9.97 Å². The van der Waals surface area contributed by atoms with Crippen molar-refractivity contribution in [3.8, 4) is 0 Å². The Morgan fingerprint density at radius 3 is 2.50 bits per heavy atom. The lowest BCUT2D eigenvalue weighted by molar-refractivity contribution is -0.120. The number of nitrogens with zero attached hydrogens (tertiary/aromatic N) is 3. The van der Waals surface area contributed by atoms with Crippen LogP contribution in [0.3, 0.4) is 0 Å². The molecule has 0 radical (unpaired) electrons. The van der Waals surface area contributed by atoms with Crippen LogP contribution in [-0.2, 0) is 4.79 Å². The number of piperidine rings is 1. The number of aromatic nitrogens is 2. The number of carbonyl (C=O) groups excluding carboxylic acids is 1. The van der Waals surface area contributed by atoms with Crippen LogP contribution in [0.4, 0.5) is 20.3 Å². The van der Waals surface area contributed by atoms with E-state index in [9.17, 15) is 13.6 Å². The lowest BCUT2D eigenvalue weighted by Crippen LogP contribution is -2.39. The molecule has 154 valence electrons. The quantitative estimate of drug-likeness (QED) is 0.637. The zero-order valence-electron chi connectivity index (χ0n) is 16.1. The van der Waals surface area contributed by atoms with Crippen molar-refractivity contribution in [1.29, 1.82) is 0 Å². The van der Waals surface area contributed by atoms with Gasteiger partial charge in [-0.15, -0.1) is 0 Å². The number of nitrogens with one attached hydrogen (secondary N) is 1. The number of halogens is 2.